The highest BCUT2D eigenvalue weighted by atomic mass is 15.1. The van der Waals surface area contributed by atoms with Crippen LogP contribution in [0.3, 0.4) is 0 Å². The number of rotatable bonds is 8. The van der Waals surface area contributed by atoms with Crippen molar-refractivity contribution < 1.29 is 0 Å². The van der Waals surface area contributed by atoms with E-state index in [1.807, 2.05) is 0 Å². The fraction of sp³-hybridized carbons (Fsp3) is 0. The van der Waals surface area contributed by atoms with Crippen LogP contribution in [0.2, 0.25) is 0 Å². The first-order valence-corrected chi connectivity index (χ1v) is 16.8. The SMILES string of the molecule is c1ccc(-c2ccc(-c3cccc(N(c4cccc(-c5ccc(-c6ccccc6)cc5)c4)c4ccccc4-c4ccccc4)c3)cc2)cc1. The molecule has 0 aliphatic rings. The minimum atomic E-state index is 1.10. The second-order valence-electron chi connectivity index (χ2n) is 12.2. The largest absolute Gasteiger partial charge is 0.310 e. The van der Waals surface area contributed by atoms with E-state index in [1.165, 1.54) is 55.6 Å². The number of nitrogens with zero attached hydrogens (tertiary/aromatic N) is 1. The highest BCUT2D eigenvalue weighted by Crippen LogP contribution is 2.43. The Kier molecular flexibility index (Phi) is 8.39. The molecule has 0 N–H and O–H groups in total. The third-order valence-electron chi connectivity index (χ3n) is 9.09. The standard InChI is InChI=1S/C48H35N/c1-4-14-36(15-5-1)38-26-30-40(31-27-38)43-20-12-22-45(34-43)49(48-25-11-10-24-47(48)42-18-8-3-9-19-42)46-23-13-21-44(35-46)41-32-28-39(29-33-41)37-16-6-2-7-17-37/h1-35H. The summed E-state index contributed by atoms with van der Waals surface area (Å²) >= 11 is 0. The van der Waals surface area contributed by atoms with Gasteiger partial charge in [-0.05, 0) is 80.4 Å². The van der Waals surface area contributed by atoms with Crippen LogP contribution in [0.15, 0.2) is 212 Å². The topological polar surface area (TPSA) is 3.24 Å². The lowest BCUT2D eigenvalue weighted by Crippen LogP contribution is -2.11. The molecule has 0 radical (unpaired) electrons. The first-order valence-electron chi connectivity index (χ1n) is 16.8. The van der Waals surface area contributed by atoms with Gasteiger partial charge in [0.25, 0.3) is 0 Å². The fourth-order valence-electron chi connectivity index (χ4n) is 6.58. The summed E-state index contributed by atoms with van der Waals surface area (Å²) in [5.74, 6) is 0. The molecule has 0 saturated heterocycles. The summed E-state index contributed by atoms with van der Waals surface area (Å²) in [5, 5.41) is 0. The van der Waals surface area contributed by atoms with Gasteiger partial charge in [-0.2, -0.15) is 0 Å². The molecule has 0 atom stereocenters. The van der Waals surface area contributed by atoms with E-state index in [1.54, 1.807) is 0 Å². The Balaban J connectivity index is 1.22. The van der Waals surface area contributed by atoms with Crippen LogP contribution < -0.4 is 4.90 Å². The zero-order valence-corrected chi connectivity index (χ0v) is 27.2. The molecule has 0 aliphatic heterocycles. The van der Waals surface area contributed by atoms with Crippen molar-refractivity contribution in [2.24, 2.45) is 0 Å². The lowest BCUT2D eigenvalue weighted by Gasteiger charge is -2.28. The first-order chi connectivity index (χ1) is 24.3. The maximum atomic E-state index is 2.39. The van der Waals surface area contributed by atoms with E-state index in [9.17, 15) is 0 Å². The van der Waals surface area contributed by atoms with Gasteiger partial charge in [-0.1, -0.05) is 182 Å². The van der Waals surface area contributed by atoms with Gasteiger partial charge in [-0.25, -0.2) is 0 Å². The molecule has 0 aliphatic carbocycles. The van der Waals surface area contributed by atoms with Gasteiger partial charge >= 0.3 is 0 Å². The molecular formula is C48H35N. The number of hydrogen-bond donors (Lipinski definition) is 0. The van der Waals surface area contributed by atoms with E-state index >= 15 is 0 Å². The monoisotopic (exact) mass is 625 g/mol. The van der Waals surface area contributed by atoms with Gasteiger partial charge in [0.1, 0.15) is 0 Å². The summed E-state index contributed by atoms with van der Waals surface area (Å²) in [7, 11) is 0. The van der Waals surface area contributed by atoms with Crippen LogP contribution in [0.25, 0.3) is 55.6 Å². The van der Waals surface area contributed by atoms with E-state index < -0.39 is 0 Å². The van der Waals surface area contributed by atoms with Crippen molar-refractivity contribution in [2.45, 2.75) is 0 Å². The highest BCUT2D eigenvalue weighted by molar-refractivity contribution is 5.90. The summed E-state index contributed by atoms with van der Waals surface area (Å²) in [5.41, 5.74) is 15.3. The zero-order valence-electron chi connectivity index (χ0n) is 27.2. The van der Waals surface area contributed by atoms with Crippen molar-refractivity contribution in [1.29, 1.82) is 0 Å². The van der Waals surface area contributed by atoms with Crippen molar-refractivity contribution >= 4 is 17.1 Å². The maximum absolute atomic E-state index is 2.39. The van der Waals surface area contributed by atoms with Gasteiger partial charge in [0.2, 0.25) is 0 Å². The molecule has 232 valence electrons. The van der Waals surface area contributed by atoms with E-state index in [-0.39, 0.29) is 0 Å². The molecule has 1 nitrogen and oxygen atoms in total. The predicted molar refractivity (Wildman–Crippen MR) is 208 cm³/mol. The third-order valence-corrected chi connectivity index (χ3v) is 9.09. The average Bonchev–Trinajstić information content (AvgIpc) is 3.20. The second kappa shape index (κ2) is 13.7. The van der Waals surface area contributed by atoms with Gasteiger partial charge in [0.15, 0.2) is 0 Å². The van der Waals surface area contributed by atoms with Crippen molar-refractivity contribution in [3.05, 3.63) is 212 Å². The van der Waals surface area contributed by atoms with Crippen molar-refractivity contribution in [1.82, 2.24) is 0 Å². The molecule has 49 heavy (non-hydrogen) atoms. The lowest BCUT2D eigenvalue weighted by atomic mass is 9.98. The Morgan fingerprint density at radius 3 is 1.00 bits per heavy atom. The van der Waals surface area contributed by atoms with E-state index in [4.69, 9.17) is 0 Å². The third kappa shape index (κ3) is 6.43. The smallest absolute Gasteiger partial charge is 0.0540 e. The minimum absolute atomic E-state index is 1.10. The summed E-state index contributed by atoms with van der Waals surface area (Å²) < 4.78 is 0. The van der Waals surface area contributed by atoms with Gasteiger partial charge in [-0.3, -0.25) is 0 Å². The van der Waals surface area contributed by atoms with E-state index in [0.717, 1.165) is 17.1 Å². The number of para-hydroxylation sites is 1. The van der Waals surface area contributed by atoms with Gasteiger partial charge in [0.05, 0.1) is 5.69 Å². The summed E-state index contributed by atoms with van der Waals surface area (Å²) in [6.45, 7) is 0. The zero-order chi connectivity index (χ0) is 32.8. The summed E-state index contributed by atoms with van der Waals surface area (Å²) in [6, 6.07) is 76.0. The van der Waals surface area contributed by atoms with Crippen LogP contribution in [-0.2, 0) is 0 Å². The molecular weight excluding hydrogens is 591 g/mol. The molecule has 8 aromatic rings. The fourth-order valence-corrected chi connectivity index (χ4v) is 6.58. The van der Waals surface area contributed by atoms with Gasteiger partial charge in [-0.15, -0.1) is 0 Å². The number of benzene rings is 8. The van der Waals surface area contributed by atoms with Crippen LogP contribution in [0.5, 0.6) is 0 Å². The van der Waals surface area contributed by atoms with Crippen molar-refractivity contribution in [2.75, 3.05) is 4.90 Å². The lowest BCUT2D eigenvalue weighted by molar-refractivity contribution is 1.28. The van der Waals surface area contributed by atoms with Crippen molar-refractivity contribution in [3.8, 4) is 55.6 Å². The Hall–Kier alpha value is -6.44. The molecule has 0 fully saturated rings. The molecule has 0 heterocycles. The van der Waals surface area contributed by atoms with E-state index in [2.05, 4.69) is 217 Å². The maximum Gasteiger partial charge on any atom is 0.0540 e. The van der Waals surface area contributed by atoms with Gasteiger partial charge in [0, 0.05) is 16.9 Å². The Morgan fingerprint density at radius 2 is 0.551 bits per heavy atom. The Labute approximate surface area is 289 Å². The molecule has 0 aromatic heterocycles. The summed E-state index contributed by atoms with van der Waals surface area (Å²) in [4.78, 5) is 2.39. The molecule has 8 rings (SSSR count). The summed E-state index contributed by atoms with van der Waals surface area (Å²) in [6.07, 6.45) is 0. The predicted octanol–water partition coefficient (Wildman–Crippen LogP) is 13.5. The van der Waals surface area contributed by atoms with Crippen LogP contribution in [-0.4, -0.2) is 0 Å². The number of hydrogen-bond acceptors (Lipinski definition) is 1. The van der Waals surface area contributed by atoms with Crippen LogP contribution in [0, 0.1) is 0 Å². The molecule has 8 aromatic carbocycles. The molecule has 0 unspecified atom stereocenters. The van der Waals surface area contributed by atoms with E-state index in [0.29, 0.717) is 0 Å². The molecule has 1 heteroatoms. The molecule has 0 amide bonds. The number of anilines is 3. The quantitative estimate of drug-likeness (QED) is 0.162. The Morgan fingerprint density at radius 1 is 0.224 bits per heavy atom. The van der Waals surface area contributed by atoms with Crippen molar-refractivity contribution in [3.63, 3.8) is 0 Å². The Bertz CT molecular complexity index is 2160. The molecule has 0 bridgehead atoms. The van der Waals surface area contributed by atoms with Crippen LogP contribution in [0.4, 0.5) is 17.1 Å². The molecule has 0 spiro atoms. The van der Waals surface area contributed by atoms with Crippen LogP contribution >= 0.6 is 0 Å². The average molecular weight is 626 g/mol. The van der Waals surface area contributed by atoms with Gasteiger partial charge < -0.3 is 4.90 Å². The second-order valence-corrected chi connectivity index (χ2v) is 12.2. The normalized spacial score (nSPS) is 10.9. The van der Waals surface area contributed by atoms with Crippen LogP contribution in [0.1, 0.15) is 0 Å². The minimum Gasteiger partial charge on any atom is -0.310 e. The highest BCUT2D eigenvalue weighted by Gasteiger charge is 2.18. The molecule has 0 saturated carbocycles. The first kappa shape index (κ1) is 29.9.